The first-order valence-electron chi connectivity index (χ1n) is 10.4. The molecule has 4 amide bonds. The SMILES string of the molecule is CSCCC(NC(=O)C(N)CC(N)=O)C(=O)NC(Cc1ccc(O)cc1)C(=O)NC(C)C(=O)O. The van der Waals surface area contributed by atoms with E-state index in [9.17, 15) is 29.1 Å². The van der Waals surface area contributed by atoms with Crippen LogP contribution in [0.2, 0.25) is 0 Å². The Hall–Kier alpha value is -3.32. The number of aliphatic carboxylic acids is 1. The Morgan fingerprint density at radius 1 is 0.971 bits per heavy atom. The largest absolute Gasteiger partial charge is 0.508 e. The topological polar surface area (TPSA) is 214 Å². The van der Waals surface area contributed by atoms with Crippen LogP contribution in [0.3, 0.4) is 0 Å². The maximum atomic E-state index is 13.0. The molecule has 0 aromatic heterocycles. The van der Waals surface area contributed by atoms with Gasteiger partial charge < -0.3 is 37.6 Å². The Labute approximate surface area is 201 Å². The molecule has 4 unspecified atom stereocenters. The molecule has 1 aromatic rings. The van der Waals surface area contributed by atoms with Gasteiger partial charge in [0.15, 0.2) is 0 Å². The molecule has 1 rings (SSSR count). The fourth-order valence-corrected chi connectivity index (χ4v) is 3.29. The fraction of sp³-hybridized carbons (Fsp3) is 0.476. The number of aromatic hydroxyl groups is 1. The Morgan fingerprint density at radius 3 is 2.06 bits per heavy atom. The monoisotopic (exact) mass is 497 g/mol. The van der Waals surface area contributed by atoms with Crippen molar-refractivity contribution in [1.82, 2.24) is 16.0 Å². The van der Waals surface area contributed by atoms with Crippen LogP contribution >= 0.6 is 11.8 Å². The minimum atomic E-state index is -1.25. The highest BCUT2D eigenvalue weighted by atomic mass is 32.2. The number of phenolic OH excluding ortho intramolecular Hbond substituents is 1. The summed E-state index contributed by atoms with van der Waals surface area (Å²) >= 11 is 1.43. The first-order valence-corrected chi connectivity index (χ1v) is 11.8. The van der Waals surface area contributed by atoms with E-state index in [4.69, 9.17) is 16.6 Å². The summed E-state index contributed by atoms with van der Waals surface area (Å²) in [6.07, 6.45) is 1.61. The van der Waals surface area contributed by atoms with Crippen LogP contribution in [0.5, 0.6) is 5.75 Å². The predicted molar refractivity (Wildman–Crippen MR) is 126 cm³/mol. The van der Waals surface area contributed by atoms with Gasteiger partial charge in [0.25, 0.3) is 0 Å². The molecule has 0 spiro atoms. The molecule has 1 aromatic carbocycles. The highest BCUT2D eigenvalue weighted by molar-refractivity contribution is 7.98. The minimum Gasteiger partial charge on any atom is -0.508 e. The number of carboxylic acids is 1. The van der Waals surface area contributed by atoms with Gasteiger partial charge in [0.1, 0.15) is 23.9 Å². The number of rotatable bonds is 14. The lowest BCUT2D eigenvalue weighted by molar-refractivity contribution is -0.141. The summed E-state index contributed by atoms with van der Waals surface area (Å²) in [6, 6.07) is 1.25. The van der Waals surface area contributed by atoms with Gasteiger partial charge in [-0.25, -0.2) is 0 Å². The summed E-state index contributed by atoms with van der Waals surface area (Å²) in [5.74, 6) is -3.69. The Morgan fingerprint density at radius 2 is 1.53 bits per heavy atom. The number of phenols is 1. The molecule has 0 saturated heterocycles. The van der Waals surface area contributed by atoms with Gasteiger partial charge in [0, 0.05) is 6.42 Å². The molecule has 9 N–H and O–H groups in total. The van der Waals surface area contributed by atoms with Crippen LogP contribution in [0, 0.1) is 0 Å². The van der Waals surface area contributed by atoms with Crippen molar-refractivity contribution in [3.63, 3.8) is 0 Å². The molecule has 0 saturated carbocycles. The Bertz CT molecular complexity index is 881. The molecule has 12 nitrogen and oxygen atoms in total. The van der Waals surface area contributed by atoms with Gasteiger partial charge in [-0.15, -0.1) is 0 Å². The van der Waals surface area contributed by atoms with Gasteiger partial charge in [-0.3, -0.25) is 24.0 Å². The summed E-state index contributed by atoms with van der Waals surface area (Å²) < 4.78 is 0. The molecular formula is C21H31N5O7S. The van der Waals surface area contributed by atoms with Gasteiger partial charge in [0.05, 0.1) is 12.5 Å². The first-order chi connectivity index (χ1) is 15.9. The third-order valence-corrected chi connectivity index (χ3v) is 5.38. The zero-order valence-corrected chi connectivity index (χ0v) is 19.8. The van der Waals surface area contributed by atoms with E-state index in [-0.39, 0.29) is 18.6 Å². The third-order valence-electron chi connectivity index (χ3n) is 4.74. The molecule has 0 aliphatic carbocycles. The van der Waals surface area contributed by atoms with Crippen molar-refractivity contribution in [1.29, 1.82) is 0 Å². The van der Waals surface area contributed by atoms with Gasteiger partial charge in [-0.2, -0.15) is 11.8 Å². The molecule has 0 aliphatic rings. The lowest BCUT2D eigenvalue weighted by atomic mass is 10.0. The van der Waals surface area contributed by atoms with E-state index in [1.807, 2.05) is 6.26 Å². The average molecular weight is 498 g/mol. The van der Waals surface area contributed by atoms with Crippen molar-refractivity contribution in [2.75, 3.05) is 12.0 Å². The van der Waals surface area contributed by atoms with Crippen molar-refractivity contribution in [3.8, 4) is 5.75 Å². The zero-order chi connectivity index (χ0) is 25.8. The average Bonchev–Trinajstić information content (AvgIpc) is 2.76. The van der Waals surface area contributed by atoms with E-state index in [1.165, 1.54) is 30.8 Å². The normalized spacial score (nSPS) is 14.2. The van der Waals surface area contributed by atoms with E-state index in [2.05, 4.69) is 16.0 Å². The maximum Gasteiger partial charge on any atom is 0.325 e. The predicted octanol–water partition coefficient (Wildman–Crippen LogP) is -1.55. The van der Waals surface area contributed by atoms with Crippen LogP contribution in [-0.4, -0.2) is 76.0 Å². The second kappa shape index (κ2) is 14.1. The number of nitrogens with two attached hydrogens (primary N) is 2. The van der Waals surface area contributed by atoms with Gasteiger partial charge >= 0.3 is 5.97 Å². The molecule has 0 fully saturated rings. The zero-order valence-electron chi connectivity index (χ0n) is 18.9. The Balaban J connectivity index is 3.05. The molecule has 0 radical (unpaired) electrons. The molecule has 34 heavy (non-hydrogen) atoms. The van der Waals surface area contributed by atoms with Crippen LogP contribution in [-0.2, 0) is 30.4 Å². The number of primary amides is 1. The number of thioether (sulfide) groups is 1. The summed E-state index contributed by atoms with van der Waals surface area (Å²) in [5.41, 5.74) is 11.3. The number of carboxylic acid groups (broad SMARTS) is 1. The van der Waals surface area contributed by atoms with E-state index >= 15 is 0 Å². The summed E-state index contributed by atoms with van der Waals surface area (Å²) in [7, 11) is 0. The smallest absolute Gasteiger partial charge is 0.325 e. The van der Waals surface area contributed by atoms with Crippen LogP contribution < -0.4 is 27.4 Å². The number of hydrogen-bond acceptors (Lipinski definition) is 8. The van der Waals surface area contributed by atoms with E-state index in [0.717, 1.165) is 0 Å². The van der Waals surface area contributed by atoms with Crippen molar-refractivity contribution < 1.29 is 34.2 Å². The van der Waals surface area contributed by atoms with Crippen molar-refractivity contribution in [2.45, 2.75) is 50.4 Å². The van der Waals surface area contributed by atoms with Crippen molar-refractivity contribution >= 4 is 41.4 Å². The number of nitrogens with one attached hydrogen (secondary N) is 3. The molecule has 0 aliphatic heterocycles. The number of carbonyl (C=O) groups is 5. The number of hydrogen-bond donors (Lipinski definition) is 7. The molecule has 0 heterocycles. The van der Waals surface area contributed by atoms with Crippen LogP contribution in [0.1, 0.15) is 25.3 Å². The highest BCUT2D eigenvalue weighted by Gasteiger charge is 2.29. The fourth-order valence-electron chi connectivity index (χ4n) is 2.82. The molecular weight excluding hydrogens is 466 g/mol. The molecule has 13 heteroatoms. The standard InChI is InChI=1S/C21H31N5O7S/c1-11(21(32)33)24-20(31)16(9-12-3-5-13(27)6-4-12)26-19(30)15(7-8-34-2)25-18(29)14(22)10-17(23)28/h3-6,11,14-16,27H,7-10,22H2,1-2H3,(H2,23,28)(H,24,31)(H,25,29)(H,26,30)(H,32,33). The lowest BCUT2D eigenvalue weighted by Gasteiger charge is -2.24. The molecule has 0 bridgehead atoms. The molecule has 4 atom stereocenters. The van der Waals surface area contributed by atoms with Crippen LogP contribution in [0.25, 0.3) is 0 Å². The first kappa shape index (κ1) is 28.7. The van der Waals surface area contributed by atoms with Gasteiger partial charge in [-0.1, -0.05) is 12.1 Å². The number of amides is 4. The van der Waals surface area contributed by atoms with Crippen LogP contribution in [0.15, 0.2) is 24.3 Å². The second-order valence-corrected chi connectivity index (χ2v) is 8.61. The van der Waals surface area contributed by atoms with E-state index in [1.54, 1.807) is 12.1 Å². The molecule has 188 valence electrons. The Kier molecular flexibility index (Phi) is 11.9. The maximum absolute atomic E-state index is 13.0. The lowest BCUT2D eigenvalue weighted by Crippen LogP contribution is -2.57. The second-order valence-electron chi connectivity index (χ2n) is 7.62. The van der Waals surface area contributed by atoms with Crippen molar-refractivity contribution in [2.24, 2.45) is 11.5 Å². The third kappa shape index (κ3) is 10.1. The van der Waals surface area contributed by atoms with E-state index < -0.39 is 60.2 Å². The van der Waals surface area contributed by atoms with Gasteiger partial charge in [-0.05, 0) is 43.0 Å². The number of carbonyl (C=O) groups excluding carboxylic acids is 4. The summed E-state index contributed by atoms with van der Waals surface area (Å²) in [4.78, 5) is 60.3. The van der Waals surface area contributed by atoms with E-state index in [0.29, 0.717) is 11.3 Å². The van der Waals surface area contributed by atoms with Crippen LogP contribution in [0.4, 0.5) is 0 Å². The summed E-state index contributed by atoms with van der Waals surface area (Å²) in [6.45, 7) is 1.28. The quantitative estimate of drug-likeness (QED) is 0.158. The van der Waals surface area contributed by atoms with Gasteiger partial charge in [0.2, 0.25) is 23.6 Å². The number of benzene rings is 1. The van der Waals surface area contributed by atoms with Crippen molar-refractivity contribution in [3.05, 3.63) is 29.8 Å². The highest BCUT2D eigenvalue weighted by Crippen LogP contribution is 2.12. The summed E-state index contributed by atoms with van der Waals surface area (Å²) in [5, 5.41) is 25.9. The minimum absolute atomic E-state index is 0.00538.